The number of hydrogen-bond donors (Lipinski definition) is 1. The molecule has 8 heteroatoms. The van der Waals surface area contributed by atoms with Gasteiger partial charge in [0, 0.05) is 39.0 Å². The molecule has 1 unspecified atom stereocenters. The third-order valence-corrected chi connectivity index (χ3v) is 7.47. The minimum absolute atomic E-state index is 0.0734. The van der Waals surface area contributed by atoms with E-state index in [0.29, 0.717) is 24.2 Å². The number of rotatable bonds is 6. The number of aromatic nitrogens is 2. The molecule has 1 aliphatic heterocycles. The zero-order chi connectivity index (χ0) is 22.9. The Balaban J connectivity index is 1.45. The summed E-state index contributed by atoms with van der Waals surface area (Å²) < 4.78 is 6.69. The van der Waals surface area contributed by atoms with Crippen molar-refractivity contribution in [1.82, 2.24) is 20.0 Å². The van der Waals surface area contributed by atoms with E-state index in [-0.39, 0.29) is 12.0 Å². The molecule has 1 aromatic carbocycles. The smallest absolute Gasteiger partial charge is 0.409 e. The number of benzene rings is 1. The maximum absolute atomic E-state index is 11.7. The summed E-state index contributed by atoms with van der Waals surface area (Å²) >= 11 is 0. The lowest BCUT2D eigenvalue weighted by Crippen LogP contribution is -2.48. The Morgan fingerprint density at radius 1 is 1.31 bits per heavy atom. The second-order valence-electron chi connectivity index (χ2n) is 9.30. The summed E-state index contributed by atoms with van der Waals surface area (Å²) in [7, 11) is 4.94. The van der Waals surface area contributed by atoms with Crippen molar-refractivity contribution in [2.75, 3.05) is 27.2 Å². The first-order valence-corrected chi connectivity index (χ1v) is 11.3. The summed E-state index contributed by atoms with van der Waals surface area (Å²) in [6.45, 7) is 1.54. The zero-order valence-electron chi connectivity index (χ0n) is 19.1. The van der Waals surface area contributed by atoms with Crippen LogP contribution in [0.5, 0.6) is 0 Å². The molecule has 8 nitrogen and oxygen atoms in total. The van der Waals surface area contributed by atoms with E-state index in [1.165, 1.54) is 12.7 Å². The number of aldehydes is 1. The zero-order valence-corrected chi connectivity index (χ0v) is 19.1. The highest BCUT2D eigenvalue weighted by Gasteiger charge is 2.46. The third kappa shape index (κ3) is 4.10. The van der Waals surface area contributed by atoms with Crippen molar-refractivity contribution in [3.63, 3.8) is 0 Å². The Hall–Kier alpha value is -2.90. The number of carbonyl (C=O) groups is 3. The Morgan fingerprint density at radius 2 is 2.03 bits per heavy atom. The monoisotopic (exact) mass is 440 g/mol. The Labute approximate surface area is 188 Å². The van der Waals surface area contributed by atoms with Crippen LogP contribution in [0.4, 0.5) is 4.79 Å². The molecule has 2 heterocycles. The highest BCUT2D eigenvalue weighted by molar-refractivity contribution is 5.86. The van der Waals surface area contributed by atoms with E-state index < -0.39 is 5.92 Å². The van der Waals surface area contributed by atoms with Crippen molar-refractivity contribution in [2.45, 2.75) is 50.4 Å². The summed E-state index contributed by atoms with van der Waals surface area (Å²) in [5, 5.41) is 8.21. The molecular formula is C24H32N4O4. The van der Waals surface area contributed by atoms with Crippen molar-refractivity contribution in [2.24, 2.45) is 12.5 Å². The largest absolute Gasteiger partial charge is 0.453 e. The van der Waals surface area contributed by atoms with E-state index in [9.17, 15) is 14.4 Å². The second kappa shape index (κ2) is 8.92. The van der Waals surface area contributed by atoms with Gasteiger partial charge in [-0.2, -0.15) is 5.10 Å². The quantitative estimate of drug-likeness (QED) is 0.697. The average Bonchev–Trinajstić information content (AvgIpc) is 3.13. The number of nitrogens with one attached hydrogen (secondary N) is 1. The fourth-order valence-corrected chi connectivity index (χ4v) is 5.43. The first-order valence-electron chi connectivity index (χ1n) is 11.3. The number of piperidine rings is 1. The maximum atomic E-state index is 11.7. The van der Waals surface area contributed by atoms with Gasteiger partial charge in [0.05, 0.1) is 24.2 Å². The van der Waals surface area contributed by atoms with Crippen molar-refractivity contribution < 1.29 is 19.1 Å². The molecular weight excluding hydrogens is 408 g/mol. The van der Waals surface area contributed by atoms with Gasteiger partial charge in [-0.1, -0.05) is 12.1 Å². The Morgan fingerprint density at radius 3 is 2.66 bits per heavy atom. The third-order valence-electron chi connectivity index (χ3n) is 7.47. The van der Waals surface area contributed by atoms with Gasteiger partial charge in [0.15, 0.2) is 0 Å². The van der Waals surface area contributed by atoms with Crippen molar-refractivity contribution in [3.05, 3.63) is 29.5 Å². The van der Waals surface area contributed by atoms with Gasteiger partial charge >= 0.3 is 6.09 Å². The fraction of sp³-hybridized carbons (Fsp3) is 0.583. The average molecular weight is 441 g/mol. The SMILES string of the molecule is CNC(=O)CCC(C=O)c1nn(C)c2cc(C3CC4(CCN(C(=O)OC)CC4)C3)ccc12. The van der Waals surface area contributed by atoms with Gasteiger partial charge < -0.3 is 19.7 Å². The first kappa shape index (κ1) is 22.3. The Kier molecular flexibility index (Phi) is 6.22. The van der Waals surface area contributed by atoms with Crippen LogP contribution in [0.3, 0.4) is 0 Å². The van der Waals surface area contributed by atoms with Crippen LogP contribution < -0.4 is 5.32 Å². The number of aryl methyl sites for hydroxylation is 1. The lowest BCUT2D eigenvalue weighted by molar-refractivity contribution is -0.120. The molecule has 2 amide bonds. The number of fused-ring (bicyclic) bond motifs is 1. The number of carbonyl (C=O) groups excluding carboxylic acids is 3. The second-order valence-corrected chi connectivity index (χ2v) is 9.30. The summed E-state index contributed by atoms with van der Waals surface area (Å²) in [6, 6.07) is 6.44. The van der Waals surface area contributed by atoms with E-state index in [2.05, 4.69) is 28.6 Å². The van der Waals surface area contributed by atoms with Crippen LogP contribution in [-0.4, -0.2) is 60.2 Å². The number of hydrogen-bond acceptors (Lipinski definition) is 5. The summed E-state index contributed by atoms with van der Waals surface area (Å²) in [6.07, 6.45) is 5.76. The van der Waals surface area contributed by atoms with Crippen LogP contribution >= 0.6 is 0 Å². The van der Waals surface area contributed by atoms with Gasteiger partial charge in [-0.3, -0.25) is 9.48 Å². The molecule has 172 valence electrons. The lowest BCUT2D eigenvalue weighted by Gasteiger charge is -2.52. The van der Waals surface area contributed by atoms with Gasteiger partial charge in [-0.05, 0) is 55.1 Å². The number of ether oxygens (including phenoxy) is 1. The predicted molar refractivity (Wildman–Crippen MR) is 120 cm³/mol. The molecule has 1 aromatic heterocycles. The standard InChI is InChI=1S/C24H32N4O4/c1-25-21(30)7-5-17(15-29)22-19-6-4-16(12-20(19)27(2)26-22)18-13-24(14-18)8-10-28(11-9-24)23(31)32-3/h4,6,12,15,17-18H,5,7-11,13-14H2,1-3H3,(H,25,30). The Bertz CT molecular complexity index is 1010. The predicted octanol–water partition coefficient (Wildman–Crippen LogP) is 3.11. The van der Waals surface area contributed by atoms with E-state index in [0.717, 1.165) is 61.7 Å². The molecule has 0 radical (unpaired) electrons. The molecule has 2 fully saturated rings. The molecule has 1 saturated carbocycles. The van der Waals surface area contributed by atoms with Crippen molar-refractivity contribution in [3.8, 4) is 0 Å². The highest BCUT2D eigenvalue weighted by atomic mass is 16.5. The van der Waals surface area contributed by atoms with Gasteiger partial charge in [-0.25, -0.2) is 4.79 Å². The van der Waals surface area contributed by atoms with Crippen molar-refractivity contribution in [1.29, 1.82) is 0 Å². The van der Waals surface area contributed by atoms with Gasteiger partial charge in [-0.15, -0.1) is 0 Å². The summed E-state index contributed by atoms with van der Waals surface area (Å²) in [4.78, 5) is 36.9. The number of amides is 2. The van der Waals surface area contributed by atoms with Crippen LogP contribution in [0.25, 0.3) is 10.9 Å². The molecule has 1 saturated heterocycles. The maximum Gasteiger partial charge on any atom is 0.409 e. The van der Waals surface area contributed by atoms with Crippen molar-refractivity contribution >= 4 is 29.2 Å². The van der Waals surface area contributed by atoms with Gasteiger partial charge in [0.1, 0.15) is 6.29 Å². The van der Waals surface area contributed by atoms with Gasteiger partial charge in [0.25, 0.3) is 0 Å². The molecule has 2 aliphatic rings. The van der Waals surface area contributed by atoms with Gasteiger partial charge in [0.2, 0.25) is 5.91 Å². The number of nitrogens with zero attached hydrogens (tertiary/aromatic N) is 3. The molecule has 1 N–H and O–H groups in total. The molecule has 1 atom stereocenters. The van der Waals surface area contributed by atoms with Crippen LogP contribution in [0.15, 0.2) is 18.2 Å². The van der Waals surface area contributed by atoms with E-state index >= 15 is 0 Å². The van der Waals surface area contributed by atoms with E-state index in [4.69, 9.17) is 4.74 Å². The first-order chi connectivity index (χ1) is 15.4. The molecule has 32 heavy (non-hydrogen) atoms. The lowest BCUT2D eigenvalue weighted by atomic mass is 9.56. The normalized spacial score (nSPS) is 18.9. The molecule has 1 aliphatic carbocycles. The minimum Gasteiger partial charge on any atom is -0.453 e. The topological polar surface area (TPSA) is 93.5 Å². The van der Waals surface area contributed by atoms with Crippen LogP contribution in [-0.2, 0) is 21.4 Å². The molecule has 1 spiro atoms. The van der Waals surface area contributed by atoms with Crippen LogP contribution in [0, 0.1) is 5.41 Å². The fourth-order valence-electron chi connectivity index (χ4n) is 5.43. The molecule has 0 bridgehead atoms. The summed E-state index contributed by atoms with van der Waals surface area (Å²) in [5.41, 5.74) is 3.41. The minimum atomic E-state index is -0.395. The van der Waals surface area contributed by atoms with E-state index in [1.807, 2.05) is 11.7 Å². The van der Waals surface area contributed by atoms with Crippen LogP contribution in [0.2, 0.25) is 0 Å². The molecule has 4 rings (SSSR count). The number of methoxy groups -OCH3 is 1. The number of likely N-dealkylation sites (tertiary alicyclic amines) is 1. The van der Waals surface area contributed by atoms with Crippen LogP contribution in [0.1, 0.15) is 61.6 Å². The van der Waals surface area contributed by atoms with E-state index in [1.54, 1.807) is 11.9 Å². The summed E-state index contributed by atoms with van der Waals surface area (Å²) in [5.74, 6) is 0.0436. The highest BCUT2D eigenvalue weighted by Crippen LogP contribution is 2.56. The molecule has 2 aromatic rings.